The summed E-state index contributed by atoms with van der Waals surface area (Å²) in [5, 5.41) is 14.5. The molecular formula is C32H29N3O6S. The van der Waals surface area contributed by atoms with Crippen LogP contribution in [0, 0.1) is 16.0 Å². The van der Waals surface area contributed by atoms with Gasteiger partial charge in [0.15, 0.2) is 0 Å². The first-order valence-corrected chi connectivity index (χ1v) is 15.0. The van der Waals surface area contributed by atoms with Crippen molar-refractivity contribution in [2.24, 2.45) is 5.92 Å². The van der Waals surface area contributed by atoms with E-state index in [1.807, 2.05) is 30.3 Å². The van der Waals surface area contributed by atoms with E-state index in [0.29, 0.717) is 23.8 Å². The van der Waals surface area contributed by atoms with E-state index >= 15 is 0 Å². The molecule has 0 spiro atoms. The van der Waals surface area contributed by atoms with Crippen molar-refractivity contribution in [2.45, 2.75) is 29.9 Å². The molecule has 42 heavy (non-hydrogen) atoms. The SMILES string of the molecule is COc1cccc(NS(=O)(=O)c2ccc3c(c2)[C@H]2C=CC[C@H]2[C@@H](c2ccc(OCc4ccc([N+](=O)[O-])cc4)cc2)N3)c1. The number of hydrogen-bond acceptors (Lipinski definition) is 7. The largest absolute Gasteiger partial charge is 0.497 e. The van der Waals surface area contributed by atoms with Crippen LogP contribution in [0.2, 0.25) is 0 Å². The van der Waals surface area contributed by atoms with Crippen molar-refractivity contribution < 1.29 is 22.8 Å². The van der Waals surface area contributed by atoms with Crippen molar-refractivity contribution in [2.75, 3.05) is 17.1 Å². The summed E-state index contributed by atoms with van der Waals surface area (Å²) >= 11 is 0. The lowest BCUT2D eigenvalue weighted by Crippen LogP contribution is -2.29. The smallest absolute Gasteiger partial charge is 0.269 e. The molecule has 2 aliphatic rings. The van der Waals surface area contributed by atoms with Crippen molar-refractivity contribution in [3.05, 3.63) is 130 Å². The van der Waals surface area contributed by atoms with E-state index in [9.17, 15) is 18.5 Å². The zero-order chi connectivity index (χ0) is 29.3. The maximum Gasteiger partial charge on any atom is 0.269 e. The third-order valence-corrected chi connectivity index (χ3v) is 9.14. The molecule has 0 bridgehead atoms. The Bertz CT molecular complexity index is 1750. The van der Waals surface area contributed by atoms with E-state index < -0.39 is 14.9 Å². The van der Waals surface area contributed by atoms with Crippen LogP contribution in [0.5, 0.6) is 11.5 Å². The Labute approximate surface area is 244 Å². The highest BCUT2D eigenvalue weighted by atomic mass is 32.2. The number of nitrogens with zero attached hydrogens (tertiary/aromatic N) is 1. The van der Waals surface area contributed by atoms with Crippen molar-refractivity contribution >= 4 is 27.1 Å². The summed E-state index contributed by atoms with van der Waals surface area (Å²) in [5.41, 5.74) is 4.30. The third-order valence-electron chi connectivity index (χ3n) is 7.76. The Morgan fingerprint density at radius 2 is 1.76 bits per heavy atom. The van der Waals surface area contributed by atoms with Crippen LogP contribution in [0.25, 0.3) is 0 Å². The highest BCUT2D eigenvalue weighted by Crippen LogP contribution is 2.50. The molecule has 0 amide bonds. The van der Waals surface area contributed by atoms with Gasteiger partial charge in [-0.25, -0.2) is 8.42 Å². The van der Waals surface area contributed by atoms with Crippen LogP contribution in [0.4, 0.5) is 17.1 Å². The summed E-state index contributed by atoms with van der Waals surface area (Å²) in [5.74, 6) is 1.58. The van der Waals surface area contributed by atoms with Crippen molar-refractivity contribution in [3.63, 3.8) is 0 Å². The maximum absolute atomic E-state index is 13.3. The number of allylic oxidation sites excluding steroid dienone is 2. The average Bonchev–Trinajstić information content (AvgIpc) is 3.50. The van der Waals surface area contributed by atoms with Crippen molar-refractivity contribution in [1.82, 2.24) is 0 Å². The summed E-state index contributed by atoms with van der Waals surface area (Å²) in [4.78, 5) is 10.6. The molecule has 9 nitrogen and oxygen atoms in total. The Kier molecular flexibility index (Phi) is 7.30. The Morgan fingerprint density at radius 3 is 2.50 bits per heavy atom. The van der Waals surface area contributed by atoms with E-state index in [1.54, 1.807) is 48.5 Å². The van der Waals surface area contributed by atoms with E-state index in [0.717, 1.165) is 28.8 Å². The highest BCUT2D eigenvalue weighted by Gasteiger charge is 2.38. The first-order valence-electron chi connectivity index (χ1n) is 13.5. The summed E-state index contributed by atoms with van der Waals surface area (Å²) < 4.78 is 40.3. The normalized spacial score (nSPS) is 18.8. The molecule has 6 rings (SSSR count). The van der Waals surface area contributed by atoms with Gasteiger partial charge in [-0.2, -0.15) is 0 Å². The molecule has 0 aromatic heterocycles. The topological polar surface area (TPSA) is 120 Å². The molecule has 1 aliphatic heterocycles. The van der Waals surface area contributed by atoms with E-state index in [1.165, 1.54) is 19.2 Å². The molecule has 0 unspecified atom stereocenters. The molecule has 4 aromatic carbocycles. The first-order chi connectivity index (χ1) is 20.3. The quantitative estimate of drug-likeness (QED) is 0.126. The summed E-state index contributed by atoms with van der Waals surface area (Å²) in [7, 11) is -2.27. The molecule has 4 aromatic rings. The number of benzene rings is 4. The zero-order valence-electron chi connectivity index (χ0n) is 22.8. The molecular weight excluding hydrogens is 554 g/mol. The third kappa shape index (κ3) is 5.53. The van der Waals surface area contributed by atoms with Crippen LogP contribution in [-0.2, 0) is 16.6 Å². The van der Waals surface area contributed by atoms with Crippen LogP contribution in [0.1, 0.15) is 35.1 Å². The Balaban J connectivity index is 1.18. The van der Waals surface area contributed by atoms with Gasteiger partial charge >= 0.3 is 0 Å². The number of nitrogens with one attached hydrogen (secondary N) is 2. The second-order valence-electron chi connectivity index (χ2n) is 10.3. The molecule has 0 radical (unpaired) electrons. The lowest BCUT2D eigenvalue weighted by atomic mass is 9.77. The van der Waals surface area contributed by atoms with Gasteiger partial charge in [0.2, 0.25) is 0 Å². The van der Waals surface area contributed by atoms with Gasteiger partial charge in [-0.05, 0) is 83.6 Å². The second kappa shape index (κ2) is 11.2. The number of non-ortho nitro benzene ring substituents is 1. The minimum Gasteiger partial charge on any atom is -0.497 e. The predicted molar refractivity (Wildman–Crippen MR) is 160 cm³/mol. The molecule has 1 heterocycles. The fourth-order valence-corrected chi connectivity index (χ4v) is 6.71. The molecule has 3 atom stereocenters. The number of fused-ring (bicyclic) bond motifs is 3. The minimum atomic E-state index is -3.80. The average molecular weight is 584 g/mol. The van der Waals surface area contributed by atoms with Crippen LogP contribution in [0.3, 0.4) is 0 Å². The second-order valence-corrected chi connectivity index (χ2v) is 12.0. The number of hydrogen-bond donors (Lipinski definition) is 2. The van der Waals surface area contributed by atoms with Gasteiger partial charge in [0.05, 0.1) is 28.7 Å². The number of sulfonamides is 1. The minimum absolute atomic E-state index is 0.0404. The number of methoxy groups -OCH3 is 1. The van der Waals surface area contributed by atoms with Crippen LogP contribution >= 0.6 is 0 Å². The van der Waals surface area contributed by atoms with Crippen molar-refractivity contribution in [1.29, 1.82) is 0 Å². The number of ether oxygens (including phenoxy) is 2. The lowest BCUT2D eigenvalue weighted by Gasteiger charge is -2.37. The monoisotopic (exact) mass is 583 g/mol. The molecule has 1 aliphatic carbocycles. The summed E-state index contributed by atoms with van der Waals surface area (Å²) in [6.07, 6.45) is 5.21. The van der Waals surface area contributed by atoms with Gasteiger partial charge < -0.3 is 14.8 Å². The first kappa shape index (κ1) is 27.3. The van der Waals surface area contributed by atoms with Gasteiger partial charge in [-0.3, -0.25) is 14.8 Å². The fraction of sp³-hybridized carbons (Fsp3) is 0.188. The van der Waals surface area contributed by atoms with Gasteiger partial charge in [0, 0.05) is 29.8 Å². The molecule has 0 saturated heterocycles. The Hall–Kier alpha value is -4.83. The molecule has 0 fully saturated rings. The summed E-state index contributed by atoms with van der Waals surface area (Å²) in [6, 6.07) is 26.3. The van der Waals surface area contributed by atoms with Crippen LogP contribution < -0.4 is 19.5 Å². The van der Waals surface area contributed by atoms with E-state index in [4.69, 9.17) is 9.47 Å². The van der Waals surface area contributed by atoms with Gasteiger partial charge in [0.1, 0.15) is 18.1 Å². The number of rotatable bonds is 9. The van der Waals surface area contributed by atoms with Crippen LogP contribution in [0.15, 0.2) is 108 Å². The standard InChI is InChI=1S/C32H29N3O6S/c1-40-26-5-2-4-23(18-26)34-42(38,39)27-16-17-31-30(19-27)28-6-3-7-29(28)32(33-31)22-10-14-25(15-11-22)41-20-21-8-12-24(13-9-21)35(36)37/h2-6,8-19,28-29,32-34H,7,20H2,1H3/t28-,29+,32+/m0/s1. The highest BCUT2D eigenvalue weighted by molar-refractivity contribution is 7.92. The van der Waals surface area contributed by atoms with Crippen molar-refractivity contribution in [3.8, 4) is 11.5 Å². The number of nitro groups is 1. The summed E-state index contributed by atoms with van der Waals surface area (Å²) in [6.45, 7) is 0.304. The Morgan fingerprint density at radius 1 is 0.976 bits per heavy atom. The maximum atomic E-state index is 13.3. The molecule has 10 heteroatoms. The lowest BCUT2D eigenvalue weighted by molar-refractivity contribution is -0.384. The van der Waals surface area contributed by atoms with Gasteiger partial charge in [-0.15, -0.1) is 0 Å². The number of nitro benzene ring substituents is 1. The molecule has 214 valence electrons. The predicted octanol–water partition coefficient (Wildman–Crippen LogP) is 6.81. The molecule has 0 saturated carbocycles. The molecule has 2 N–H and O–H groups in total. The zero-order valence-corrected chi connectivity index (χ0v) is 23.6. The van der Waals surface area contributed by atoms with Gasteiger partial charge in [0.25, 0.3) is 15.7 Å². The van der Waals surface area contributed by atoms with Gasteiger partial charge in [-0.1, -0.05) is 30.4 Å². The number of anilines is 2. The van der Waals surface area contributed by atoms with Crippen LogP contribution in [-0.4, -0.2) is 20.5 Å². The fourth-order valence-electron chi connectivity index (χ4n) is 5.62. The van der Waals surface area contributed by atoms with E-state index in [2.05, 4.69) is 22.2 Å². The van der Waals surface area contributed by atoms with E-state index in [-0.39, 0.29) is 28.5 Å².